The molecule has 0 bridgehead atoms. The maximum Gasteiger partial charge on any atom is 0.250 e. The van der Waals surface area contributed by atoms with E-state index in [1.807, 2.05) is 18.6 Å². The fourth-order valence-electron chi connectivity index (χ4n) is 4.20. The van der Waals surface area contributed by atoms with Gasteiger partial charge >= 0.3 is 0 Å². The van der Waals surface area contributed by atoms with Crippen LogP contribution in [-0.4, -0.2) is 38.7 Å². The Bertz CT molecular complexity index is 1290. The number of benzene rings is 1. The summed E-state index contributed by atoms with van der Waals surface area (Å²) in [4.78, 5) is 19.3. The van der Waals surface area contributed by atoms with E-state index in [1.165, 1.54) is 0 Å². The van der Waals surface area contributed by atoms with Gasteiger partial charge < -0.3 is 9.47 Å². The number of imidazole rings is 1. The van der Waals surface area contributed by atoms with Gasteiger partial charge in [0.2, 0.25) is 0 Å². The smallest absolute Gasteiger partial charge is 0.250 e. The molecular formula is C24H23N5OS. The van der Waals surface area contributed by atoms with E-state index in [2.05, 4.69) is 55.5 Å². The average Bonchev–Trinajstić information content (AvgIpc) is 3.48. The number of nitriles is 1. The Kier molecular flexibility index (Phi) is 5.41. The SMILES string of the molecule is N#CC1CCN(CCn2cc(-c3ccc4c(c3)ncn4-c3ccsc3)ccc2=O)CC1. The molecule has 7 heteroatoms. The molecule has 4 aromatic rings. The maximum atomic E-state index is 12.4. The summed E-state index contributed by atoms with van der Waals surface area (Å²) in [6, 6.07) is 14.2. The molecule has 1 aliphatic rings. The first-order valence-corrected chi connectivity index (χ1v) is 11.5. The summed E-state index contributed by atoms with van der Waals surface area (Å²) in [6.45, 7) is 3.33. The highest BCUT2D eigenvalue weighted by atomic mass is 32.1. The van der Waals surface area contributed by atoms with E-state index in [0.717, 1.165) is 60.3 Å². The van der Waals surface area contributed by atoms with Crippen LogP contribution in [0.4, 0.5) is 0 Å². The molecule has 3 aromatic heterocycles. The first-order valence-electron chi connectivity index (χ1n) is 10.5. The second kappa shape index (κ2) is 8.50. The number of aromatic nitrogens is 3. The monoisotopic (exact) mass is 429 g/mol. The molecule has 1 aliphatic heterocycles. The Balaban J connectivity index is 1.35. The van der Waals surface area contributed by atoms with Gasteiger partial charge in [-0.3, -0.25) is 9.36 Å². The van der Waals surface area contributed by atoms with E-state index in [1.54, 1.807) is 22.0 Å². The molecule has 0 spiro atoms. The van der Waals surface area contributed by atoms with Crippen molar-refractivity contribution >= 4 is 22.4 Å². The zero-order chi connectivity index (χ0) is 21.2. The van der Waals surface area contributed by atoms with Crippen LogP contribution in [0.5, 0.6) is 0 Å². The number of fused-ring (bicyclic) bond motifs is 1. The molecule has 6 nitrogen and oxygen atoms in total. The van der Waals surface area contributed by atoms with E-state index in [-0.39, 0.29) is 11.5 Å². The predicted octanol–water partition coefficient (Wildman–Crippen LogP) is 4.15. The van der Waals surface area contributed by atoms with Crippen molar-refractivity contribution in [2.24, 2.45) is 5.92 Å². The molecule has 1 fully saturated rings. The van der Waals surface area contributed by atoms with Crippen molar-refractivity contribution in [3.63, 3.8) is 0 Å². The molecule has 156 valence electrons. The zero-order valence-corrected chi connectivity index (χ0v) is 18.0. The third kappa shape index (κ3) is 4.05. The van der Waals surface area contributed by atoms with Crippen LogP contribution >= 0.6 is 11.3 Å². The standard InChI is InChI=1S/C24H23N5OS/c25-14-18-5-8-27(9-6-18)10-11-28-15-20(2-4-24(28)30)19-1-3-23-22(13-19)26-17-29(23)21-7-12-31-16-21/h1-4,7,12-13,15-18H,5-6,8-11H2. The van der Waals surface area contributed by atoms with E-state index in [0.29, 0.717) is 6.54 Å². The van der Waals surface area contributed by atoms with Gasteiger partial charge in [0.1, 0.15) is 6.33 Å². The molecule has 1 aromatic carbocycles. The van der Waals surface area contributed by atoms with Gasteiger partial charge in [-0.15, -0.1) is 0 Å². The van der Waals surface area contributed by atoms with E-state index >= 15 is 0 Å². The Morgan fingerprint density at radius 1 is 1.10 bits per heavy atom. The predicted molar refractivity (Wildman–Crippen MR) is 123 cm³/mol. The summed E-state index contributed by atoms with van der Waals surface area (Å²) in [5.41, 5.74) is 5.19. The van der Waals surface area contributed by atoms with Gasteiger partial charge in [0.15, 0.2) is 0 Å². The summed E-state index contributed by atoms with van der Waals surface area (Å²) in [5, 5.41) is 13.2. The second-order valence-corrected chi connectivity index (χ2v) is 8.77. The average molecular weight is 430 g/mol. The zero-order valence-electron chi connectivity index (χ0n) is 17.1. The second-order valence-electron chi connectivity index (χ2n) is 7.99. The lowest BCUT2D eigenvalue weighted by Gasteiger charge is -2.29. The molecule has 0 aliphatic carbocycles. The molecule has 5 rings (SSSR count). The first-order chi connectivity index (χ1) is 15.2. The maximum absolute atomic E-state index is 12.4. The van der Waals surface area contributed by atoms with Crippen LogP contribution in [-0.2, 0) is 6.54 Å². The van der Waals surface area contributed by atoms with Crippen LogP contribution in [0.1, 0.15) is 12.8 Å². The summed E-state index contributed by atoms with van der Waals surface area (Å²) >= 11 is 1.67. The molecule has 31 heavy (non-hydrogen) atoms. The summed E-state index contributed by atoms with van der Waals surface area (Å²) < 4.78 is 3.88. The van der Waals surface area contributed by atoms with Gasteiger partial charge in [-0.2, -0.15) is 16.6 Å². The quantitative estimate of drug-likeness (QED) is 0.478. The minimum Gasteiger partial charge on any atom is -0.314 e. The third-order valence-electron chi connectivity index (χ3n) is 6.08. The normalized spacial score (nSPS) is 15.3. The molecule has 0 unspecified atom stereocenters. The fraction of sp³-hybridized carbons (Fsp3) is 0.292. The van der Waals surface area contributed by atoms with Crippen LogP contribution in [0.25, 0.3) is 27.8 Å². The molecular weight excluding hydrogens is 406 g/mol. The largest absolute Gasteiger partial charge is 0.314 e. The molecule has 0 atom stereocenters. The first kappa shape index (κ1) is 19.7. The number of hydrogen-bond donors (Lipinski definition) is 0. The van der Waals surface area contributed by atoms with Crippen LogP contribution in [0.15, 0.2) is 64.5 Å². The van der Waals surface area contributed by atoms with E-state index in [4.69, 9.17) is 5.26 Å². The van der Waals surface area contributed by atoms with Gasteiger partial charge in [0.25, 0.3) is 5.56 Å². The number of rotatable bonds is 5. The van der Waals surface area contributed by atoms with Crippen LogP contribution < -0.4 is 5.56 Å². The van der Waals surface area contributed by atoms with Gasteiger partial charge in [-0.1, -0.05) is 6.07 Å². The Morgan fingerprint density at radius 2 is 1.94 bits per heavy atom. The minimum absolute atomic E-state index is 0.0125. The number of pyridine rings is 1. The number of piperidine rings is 1. The number of thiophene rings is 1. The number of likely N-dealkylation sites (tertiary alicyclic amines) is 1. The number of nitrogens with zero attached hydrogens (tertiary/aromatic N) is 5. The van der Waals surface area contributed by atoms with Crippen LogP contribution in [0.2, 0.25) is 0 Å². The van der Waals surface area contributed by atoms with Crippen molar-refractivity contribution < 1.29 is 0 Å². The molecule has 0 radical (unpaired) electrons. The number of hydrogen-bond acceptors (Lipinski definition) is 5. The van der Waals surface area contributed by atoms with Crippen molar-refractivity contribution in [2.75, 3.05) is 19.6 Å². The highest BCUT2D eigenvalue weighted by Crippen LogP contribution is 2.26. The van der Waals surface area contributed by atoms with Crippen molar-refractivity contribution in [1.82, 2.24) is 19.0 Å². The van der Waals surface area contributed by atoms with E-state index in [9.17, 15) is 4.79 Å². The van der Waals surface area contributed by atoms with E-state index < -0.39 is 0 Å². The Labute approximate surface area is 184 Å². The van der Waals surface area contributed by atoms with Gasteiger partial charge in [0.05, 0.1) is 22.8 Å². The topological polar surface area (TPSA) is 66.8 Å². The highest BCUT2D eigenvalue weighted by molar-refractivity contribution is 7.08. The van der Waals surface area contributed by atoms with Crippen LogP contribution in [0, 0.1) is 17.2 Å². The minimum atomic E-state index is 0.0125. The molecule has 0 N–H and O–H groups in total. The summed E-state index contributed by atoms with van der Waals surface area (Å²) in [7, 11) is 0. The van der Waals surface area contributed by atoms with Crippen molar-refractivity contribution in [1.29, 1.82) is 5.26 Å². The molecule has 0 saturated carbocycles. The third-order valence-corrected chi connectivity index (χ3v) is 6.75. The lowest BCUT2D eigenvalue weighted by molar-refractivity contribution is 0.198. The highest BCUT2D eigenvalue weighted by Gasteiger charge is 2.18. The Morgan fingerprint density at radius 3 is 2.71 bits per heavy atom. The summed E-state index contributed by atoms with van der Waals surface area (Å²) in [6.07, 6.45) is 5.64. The van der Waals surface area contributed by atoms with Gasteiger partial charge in [-0.05, 0) is 66.7 Å². The molecule has 4 heterocycles. The lowest BCUT2D eigenvalue weighted by Crippen LogP contribution is -2.36. The summed E-state index contributed by atoms with van der Waals surface area (Å²) in [5.74, 6) is 0.181. The lowest BCUT2D eigenvalue weighted by atomic mass is 9.99. The van der Waals surface area contributed by atoms with Crippen LogP contribution in [0.3, 0.4) is 0 Å². The molecule has 0 amide bonds. The van der Waals surface area contributed by atoms with Gasteiger partial charge in [0, 0.05) is 36.7 Å². The van der Waals surface area contributed by atoms with Crippen molar-refractivity contribution in [3.8, 4) is 22.9 Å². The fourth-order valence-corrected chi connectivity index (χ4v) is 4.83. The Hall–Kier alpha value is -3.21. The van der Waals surface area contributed by atoms with Crippen molar-refractivity contribution in [3.05, 3.63) is 70.0 Å². The van der Waals surface area contributed by atoms with Crippen molar-refractivity contribution in [2.45, 2.75) is 19.4 Å². The van der Waals surface area contributed by atoms with Gasteiger partial charge in [-0.25, -0.2) is 4.98 Å². The molecule has 1 saturated heterocycles.